The van der Waals surface area contributed by atoms with Crippen molar-refractivity contribution < 1.29 is 0 Å². The lowest BCUT2D eigenvalue weighted by Gasteiger charge is -2.21. The highest BCUT2D eigenvalue weighted by Gasteiger charge is 2.24. The topological polar surface area (TPSA) is 3.24 Å². The Balaban J connectivity index is 2.50. The number of hydrogen-bond donors (Lipinski definition) is 0. The molecule has 0 bridgehead atoms. The van der Waals surface area contributed by atoms with Crippen molar-refractivity contribution in [1.29, 1.82) is 0 Å². The summed E-state index contributed by atoms with van der Waals surface area (Å²) < 4.78 is 0.564. The summed E-state index contributed by atoms with van der Waals surface area (Å²) in [6, 6.07) is 8.39. The van der Waals surface area contributed by atoms with E-state index in [9.17, 15) is 0 Å². The minimum Gasteiger partial charge on any atom is -0.428 e. The smallest absolute Gasteiger partial charge is 0.0821 e. The number of anilines is 1. The first-order valence-corrected chi connectivity index (χ1v) is 6.75. The average Bonchev–Trinajstić information content (AvgIpc) is 2.65. The average molecular weight is 266 g/mol. The van der Waals surface area contributed by atoms with Crippen LogP contribution < -0.4 is 4.90 Å². The Morgan fingerprint density at radius 1 is 1.44 bits per heavy atom. The van der Waals surface area contributed by atoms with E-state index in [0.717, 1.165) is 12.1 Å². The fraction of sp³-hybridized carbons (Fsp3) is 0.250. The Morgan fingerprint density at radius 3 is 2.75 bits per heavy atom. The lowest BCUT2D eigenvalue weighted by atomic mass is 10.3. The van der Waals surface area contributed by atoms with Crippen molar-refractivity contribution in [2.45, 2.75) is 18.7 Å². The molecule has 1 heterocycles. The number of thiocarbonyl (C=S) groups is 1. The van der Waals surface area contributed by atoms with Crippen molar-refractivity contribution in [3.05, 3.63) is 34.9 Å². The summed E-state index contributed by atoms with van der Waals surface area (Å²) in [5.74, 6) is 0. The monoisotopic (exact) mass is 266 g/mol. The molecule has 0 aliphatic carbocycles. The van der Waals surface area contributed by atoms with E-state index in [-0.39, 0.29) is 0 Å². The first kappa shape index (κ1) is 11.9. The highest BCUT2D eigenvalue weighted by molar-refractivity contribution is 8.04. The van der Waals surface area contributed by atoms with Crippen LogP contribution >= 0.6 is 24.0 Å². The van der Waals surface area contributed by atoms with Crippen LogP contribution in [0.2, 0.25) is 0 Å². The fourth-order valence-corrected chi connectivity index (χ4v) is 3.27. The molecule has 0 N–H and O–H groups in total. The number of benzene rings is 1. The number of hydrogen-bond acceptors (Lipinski definition) is 4. The highest BCUT2D eigenvalue weighted by atomic mass is 32.2. The summed E-state index contributed by atoms with van der Waals surface area (Å²) in [4.78, 5) is 3.55. The number of rotatable bonds is 2. The van der Waals surface area contributed by atoms with Crippen molar-refractivity contribution >= 4 is 46.5 Å². The zero-order chi connectivity index (χ0) is 11.7. The molecular formula is C12H12NS3-. The molecule has 1 aromatic carbocycles. The van der Waals surface area contributed by atoms with Crippen molar-refractivity contribution in [2.75, 3.05) is 11.4 Å². The van der Waals surface area contributed by atoms with E-state index in [0.29, 0.717) is 4.20 Å². The van der Waals surface area contributed by atoms with Crippen molar-refractivity contribution in [3.63, 3.8) is 0 Å². The second-order valence-electron chi connectivity index (χ2n) is 3.53. The highest BCUT2D eigenvalue weighted by Crippen LogP contribution is 2.46. The van der Waals surface area contributed by atoms with Crippen molar-refractivity contribution in [2.24, 2.45) is 0 Å². The molecule has 1 aromatic rings. The largest absolute Gasteiger partial charge is 0.428 e. The van der Waals surface area contributed by atoms with Crippen LogP contribution in [0.4, 0.5) is 5.69 Å². The number of nitrogens with zero attached hydrogens (tertiary/aromatic N) is 1. The predicted octanol–water partition coefficient (Wildman–Crippen LogP) is 3.72. The van der Waals surface area contributed by atoms with Crippen LogP contribution in [0.3, 0.4) is 0 Å². The van der Waals surface area contributed by atoms with Gasteiger partial charge in [0.25, 0.3) is 0 Å². The standard InChI is InChI=1S/C12H13NS3/c1-3-13-9-6-4-5-7-10(9)16-11(13)8(2)12(14)15/h4-7H,3H2,1-2H3,(H,14,15)/p-1/b11-8-. The van der Waals surface area contributed by atoms with Crippen molar-refractivity contribution in [3.8, 4) is 0 Å². The molecule has 0 unspecified atom stereocenters. The minimum atomic E-state index is 0.564. The third kappa shape index (κ3) is 1.97. The third-order valence-corrected chi connectivity index (χ3v) is 4.45. The zero-order valence-electron chi connectivity index (χ0n) is 9.19. The molecule has 0 radical (unpaired) electrons. The zero-order valence-corrected chi connectivity index (χ0v) is 11.6. The van der Waals surface area contributed by atoms with E-state index in [1.807, 2.05) is 6.92 Å². The Hall–Kier alpha value is -0.580. The molecule has 0 fully saturated rings. The molecule has 0 amide bonds. The van der Waals surface area contributed by atoms with Gasteiger partial charge in [-0.2, -0.15) is 0 Å². The molecule has 1 nitrogen and oxygen atoms in total. The van der Waals surface area contributed by atoms with Gasteiger partial charge >= 0.3 is 0 Å². The molecule has 16 heavy (non-hydrogen) atoms. The van der Waals surface area contributed by atoms with Gasteiger partial charge in [0.2, 0.25) is 0 Å². The summed E-state index contributed by atoms with van der Waals surface area (Å²) in [6.45, 7) is 5.09. The molecule has 1 aliphatic rings. The second-order valence-corrected chi connectivity index (χ2v) is 5.64. The molecule has 0 aromatic heterocycles. The van der Waals surface area contributed by atoms with Gasteiger partial charge in [0, 0.05) is 11.4 Å². The number of fused-ring (bicyclic) bond motifs is 1. The number of thioether (sulfide) groups is 1. The predicted molar refractivity (Wildman–Crippen MR) is 78.0 cm³/mol. The van der Waals surface area contributed by atoms with E-state index in [1.54, 1.807) is 11.8 Å². The van der Waals surface area contributed by atoms with Crippen LogP contribution in [0, 0.1) is 0 Å². The van der Waals surface area contributed by atoms with Gasteiger partial charge in [-0.15, -0.1) is 4.20 Å². The summed E-state index contributed by atoms with van der Waals surface area (Å²) in [5.41, 5.74) is 2.30. The summed E-state index contributed by atoms with van der Waals surface area (Å²) in [5, 5.41) is 1.18. The van der Waals surface area contributed by atoms with Crippen LogP contribution in [0.15, 0.2) is 39.8 Å². The molecule has 1 aliphatic heterocycles. The van der Waals surface area contributed by atoms with Crippen LogP contribution in [0.5, 0.6) is 0 Å². The maximum Gasteiger partial charge on any atom is 0.0821 e. The minimum absolute atomic E-state index is 0.564. The first-order valence-electron chi connectivity index (χ1n) is 5.11. The normalized spacial score (nSPS) is 17.2. The molecule has 0 saturated heterocycles. The summed E-state index contributed by atoms with van der Waals surface area (Å²) in [6.07, 6.45) is 0. The Labute approximate surface area is 111 Å². The lowest BCUT2D eigenvalue weighted by Crippen LogP contribution is -2.18. The lowest BCUT2D eigenvalue weighted by molar-refractivity contribution is 0.997. The van der Waals surface area contributed by atoms with Gasteiger partial charge in [0.15, 0.2) is 0 Å². The maximum atomic E-state index is 5.08. The molecule has 4 heteroatoms. The third-order valence-electron chi connectivity index (χ3n) is 2.55. The molecular weight excluding hydrogens is 254 g/mol. The fourth-order valence-electron chi connectivity index (χ4n) is 1.72. The van der Waals surface area contributed by atoms with Crippen LogP contribution in [-0.4, -0.2) is 10.7 Å². The van der Waals surface area contributed by atoms with E-state index >= 15 is 0 Å². The van der Waals surface area contributed by atoms with Gasteiger partial charge in [0.05, 0.1) is 10.7 Å². The van der Waals surface area contributed by atoms with Gasteiger partial charge in [-0.3, -0.25) is 0 Å². The first-order chi connectivity index (χ1) is 7.65. The molecule has 0 spiro atoms. The summed E-state index contributed by atoms with van der Waals surface area (Å²) in [7, 11) is 0. The van der Waals surface area contributed by atoms with Gasteiger partial charge in [-0.05, 0) is 31.6 Å². The number of para-hydroxylation sites is 1. The van der Waals surface area contributed by atoms with Gasteiger partial charge in [-0.1, -0.05) is 23.9 Å². The SMILES string of the molecule is CCN1/C(=C(\C)C(=S)[S-])Sc2ccccc21. The van der Waals surface area contributed by atoms with E-state index in [1.165, 1.54) is 15.6 Å². The van der Waals surface area contributed by atoms with Crippen LogP contribution in [0.25, 0.3) is 0 Å². The van der Waals surface area contributed by atoms with E-state index in [2.05, 4.69) is 36.1 Å². The maximum absolute atomic E-state index is 5.08. The van der Waals surface area contributed by atoms with Gasteiger partial charge < -0.3 is 29.7 Å². The van der Waals surface area contributed by atoms with Gasteiger partial charge in [-0.25, -0.2) is 0 Å². The Morgan fingerprint density at radius 2 is 2.12 bits per heavy atom. The van der Waals surface area contributed by atoms with Crippen molar-refractivity contribution in [1.82, 2.24) is 0 Å². The van der Waals surface area contributed by atoms with Gasteiger partial charge in [0.1, 0.15) is 0 Å². The molecule has 0 atom stereocenters. The molecule has 0 saturated carbocycles. The van der Waals surface area contributed by atoms with E-state index < -0.39 is 0 Å². The second kappa shape index (κ2) is 4.73. The van der Waals surface area contributed by atoms with Crippen LogP contribution in [-0.2, 0) is 12.6 Å². The summed E-state index contributed by atoms with van der Waals surface area (Å²) >= 11 is 11.9. The molecule has 84 valence electrons. The van der Waals surface area contributed by atoms with E-state index in [4.69, 9.17) is 24.8 Å². The van der Waals surface area contributed by atoms with Crippen LogP contribution in [0.1, 0.15) is 13.8 Å². The Bertz CT molecular complexity index is 465. The molecule has 2 rings (SSSR count). The quantitative estimate of drug-likeness (QED) is 0.456. The Kier molecular flexibility index (Phi) is 3.52.